The highest BCUT2D eigenvalue weighted by molar-refractivity contribution is 5.99. The molecule has 0 aliphatic rings. The third kappa shape index (κ3) is 6.60. The fraction of sp³-hybridized carbons (Fsp3) is 0.800. The number of nitrogens with two attached hydrogens (primary N) is 1. The van der Waals surface area contributed by atoms with E-state index in [0.29, 0.717) is 6.54 Å². The van der Waals surface area contributed by atoms with Gasteiger partial charge in [-0.05, 0) is 18.3 Å². The van der Waals surface area contributed by atoms with Crippen molar-refractivity contribution in [3.63, 3.8) is 0 Å². The molecule has 0 radical (unpaired) electrons. The second-order valence-corrected chi connectivity index (χ2v) is 6.63. The molecular formula is C15H28N2O4. The maximum Gasteiger partial charge on any atom is 0.319 e. The molecule has 122 valence electrons. The number of carbonyl (C=O) groups is 3. The van der Waals surface area contributed by atoms with Gasteiger partial charge in [0.05, 0.1) is 13.2 Å². The van der Waals surface area contributed by atoms with Crippen LogP contribution in [0.5, 0.6) is 0 Å². The van der Waals surface area contributed by atoms with E-state index in [0.717, 1.165) is 0 Å². The Morgan fingerprint density at radius 3 is 2.05 bits per heavy atom. The number of rotatable bonds is 7. The molecule has 21 heavy (non-hydrogen) atoms. The molecule has 0 saturated carbocycles. The van der Waals surface area contributed by atoms with E-state index < -0.39 is 29.1 Å². The van der Waals surface area contributed by atoms with Crippen molar-refractivity contribution >= 4 is 17.8 Å². The SMILES string of the molecule is CCOC(=O)C(C(=O)N(CC(N)=O)CC(C)C)C(C)(C)C. The smallest absolute Gasteiger partial charge is 0.319 e. The first-order chi connectivity index (χ1) is 9.50. The monoisotopic (exact) mass is 300 g/mol. The van der Waals surface area contributed by atoms with Gasteiger partial charge in [0.25, 0.3) is 0 Å². The lowest BCUT2D eigenvalue weighted by molar-refractivity contribution is -0.161. The fourth-order valence-corrected chi connectivity index (χ4v) is 2.09. The van der Waals surface area contributed by atoms with Crippen LogP contribution in [-0.4, -0.2) is 42.4 Å². The Kier molecular flexibility index (Phi) is 7.39. The van der Waals surface area contributed by atoms with Gasteiger partial charge in [-0.15, -0.1) is 0 Å². The topological polar surface area (TPSA) is 89.7 Å². The standard InChI is InChI=1S/C15H28N2O4/c1-7-21-14(20)12(15(4,5)6)13(19)17(8-10(2)3)9-11(16)18/h10,12H,7-9H2,1-6H3,(H2,16,18). The molecule has 0 aromatic heterocycles. The molecular weight excluding hydrogens is 272 g/mol. The van der Waals surface area contributed by atoms with Gasteiger partial charge in [0.15, 0.2) is 0 Å². The van der Waals surface area contributed by atoms with E-state index in [1.54, 1.807) is 27.7 Å². The number of primary amides is 1. The van der Waals surface area contributed by atoms with Crippen LogP contribution >= 0.6 is 0 Å². The number of ether oxygens (including phenoxy) is 1. The van der Waals surface area contributed by atoms with Gasteiger partial charge in [-0.3, -0.25) is 14.4 Å². The zero-order valence-corrected chi connectivity index (χ0v) is 13.9. The first kappa shape index (κ1) is 19.4. The maximum atomic E-state index is 12.7. The summed E-state index contributed by atoms with van der Waals surface area (Å²) in [6.45, 7) is 11.3. The molecule has 6 nitrogen and oxygen atoms in total. The van der Waals surface area contributed by atoms with Crippen LogP contribution in [0.15, 0.2) is 0 Å². The van der Waals surface area contributed by atoms with Crippen molar-refractivity contribution in [3.8, 4) is 0 Å². The lowest BCUT2D eigenvalue weighted by Gasteiger charge is -2.33. The average molecular weight is 300 g/mol. The largest absolute Gasteiger partial charge is 0.465 e. The Balaban J connectivity index is 5.37. The number of amides is 2. The summed E-state index contributed by atoms with van der Waals surface area (Å²) >= 11 is 0. The zero-order chi connectivity index (χ0) is 16.8. The first-order valence-corrected chi connectivity index (χ1v) is 7.24. The van der Waals surface area contributed by atoms with E-state index >= 15 is 0 Å². The molecule has 1 unspecified atom stereocenters. The molecule has 0 aromatic carbocycles. The molecule has 0 fully saturated rings. The normalized spacial score (nSPS) is 12.9. The lowest BCUT2D eigenvalue weighted by Crippen LogP contribution is -2.49. The minimum atomic E-state index is -0.949. The number of esters is 1. The second-order valence-electron chi connectivity index (χ2n) is 6.63. The van der Waals surface area contributed by atoms with E-state index in [4.69, 9.17) is 10.5 Å². The quantitative estimate of drug-likeness (QED) is 0.565. The third-order valence-corrected chi connectivity index (χ3v) is 2.88. The summed E-state index contributed by atoms with van der Waals surface area (Å²) in [6.07, 6.45) is 0. The zero-order valence-electron chi connectivity index (χ0n) is 13.9. The van der Waals surface area contributed by atoms with Crippen molar-refractivity contribution in [2.45, 2.75) is 41.5 Å². The average Bonchev–Trinajstić information content (AvgIpc) is 2.25. The van der Waals surface area contributed by atoms with Crippen molar-refractivity contribution in [1.82, 2.24) is 4.90 Å². The van der Waals surface area contributed by atoms with E-state index in [1.807, 2.05) is 13.8 Å². The second kappa shape index (κ2) is 8.00. The van der Waals surface area contributed by atoms with Crippen LogP contribution in [-0.2, 0) is 19.1 Å². The number of nitrogens with zero attached hydrogens (tertiary/aromatic N) is 1. The van der Waals surface area contributed by atoms with Crippen LogP contribution in [0.1, 0.15) is 41.5 Å². The highest BCUT2D eigenvalue weighted by atomic mass is 16.5. The molecule has 2 amide bonds. The summed E-state index contributed by atoms with van der Waals surface area (Å²) < 4.78 is 5.01. The molecule has 1 atom stereocenters. The lowest BCUT2D eigenvalue weighted by atomic mass is 9.79. The van der Waals surface area contributed by atoms with Crippen molar-refractivity contribution < 1.29 is 19.1 Å². The molecule has 0 bridgehead atoms. The van der Waals surface area contributed by atoms with Crippen LogP contribution in [0.2, 0.25) is 0 Å². The molecule has 6 heteroatoms. The molecule has 2 N–H and O–H groups in total. The number of carbonyl (C=O) groups excluding carboxylic acids is 3. The summed E-state index contributed by atoms with van der Waals surface area (Å²) in [5, 5.41) is 0. The van der Waals surface area contributed by atoms with Crippen LogP contribution in [0.25, 0.3) is 0 Å². The van der Waals surface area contributed by atoms with Gasteiger partial charge < -0.3 is 15.4 Å². The van der Waals surface area contributed by atoms with Crippen LogP contribution in [0.4, 0.5) is 0 Å². The van der Waals surface area contributed by atoms with Crippen LogP contribution in [0, 0.1) is 17.3 Å². The molecule has 0 aliphatic carbocycles. The third-order valence-electron chi connectivity index (χ3n) is 2.88. The van der Waals surface area contributed by atoms with E-state index in [-0.39, 0.29) is 19.1 Å². The van der Waals surface area contributed by atoms with Gasteiger partial charge in [0.1, 0.15) is 5.92 Å². The van der Waals surface area contributed by atoms with Crippen molar-refractivity contribution in [1.29, 1.82) is 0 Å². The van der Waals surface area contributed by atoms with Crippen molar-refractivity contribution in [3.05, 3.63) is 0 Å². The predicted octanol–water partition coefficient (Wildman–Crippen LogP) is 1.18. The van der Waals surface area contributed by atoms with E-state index in [1.165, 1.54) is 4.90 Å². The van der Waals surface area contributed by atoms with Gasteiger partial charge in [-0.25, -0.2) is 0 Å². The minimum absolute atomic E-state index is 0.163. The Morgan fingerprint density at radius 1 is 1.19 bits per heavy atom. The summed E-state index contributed by atoms with van der Waals surface area (Å²) in [4.78, 5) is 37.3. The van der Waals surface area contributed by atoms with Crippen molar-refractivity contribution in [2.24, 2.45) is 23.0 Å². The molecule has 0 saturated heterocycles. The Bertz CT molecular complexity index is 386. The summed E-state index contributed by atoms with van der Waals surface area (Å²) in [6, 6.07) is 0. The predicted molar refractivity (Wildman–Crippen MR) is 80.2 cm³/mol. The molecule has 0 heterocycles. The molecule has 0 aromatic rings. The minimum Gasteiger partial charge on any atom is -0.465 e. The van der Waals surface area contributed by atoms with E-state index in [2.05, 4.69) is 0 Å². The Labute approximate surface area is 127 Å². The number of hydrogen-bond donors (Lipinski definition) is 1. The highest BCUT2D eigenvalue weighted by Gasteiger charge is 2.41. The van der Waals surface area contributed by atoms with Gasteiger partial charge in [-0.1, -0.05) is 34.6 Å². The van der Waals surface area contributed by atoms with Crippen LogP contribution in [0.3, 0.4) is 0 Å². The van der Waals surface area contributed by atoms with Crippen LogP contribution < -0.4 is 5.73 Å². The summed E-state index contributed by atoms with van der Waals surface area (Å²) in [5.74, 6) is -2.35. The Morgan fingerprint density at radius 2 is 1.71 bits per heavy atom. The summed E-state index contributed by atoms with van der Waals surface area (Å²) in [7, 11) is 0. The van der Waals surface area contributed by atoms with E-state index in [9.17, 15) is 14.4 Å². The first-order valence-electron chi connectivity index (χ1n) is 7.24. The molecule has 0 spiro atoms. The summed E-state index contributed by atoms with van der Waals surface area (Å²) in [5.41, 5.74) is 4.60. The van der Waals surface area contributed by atoms with Gasteiger partial charge >= 0.3 is 5.97 Å². The van der Waals surface area contributed by atoms with Gasteiger partial charge in [0, 0.05) is 6.54 Å². The highest BCUT2D eigenvalue weighted by Crippen LogP contribution is 2.29. The molecule has 0 aliphatic heterocycles. The molecule has 0 rings (SSSR count). The van der Waals surface area contributed by atoms with Gasteiger partial charge in [-0.2, -0.15) is 0 Å². The Hall–Kier alpha value is -1.59. The van der Waals surface area contributed by atoms with Gasteiger partial charge in [0.2, 0.25) is 11.8 Å². The fourth-order valence-electron chi connectivity index (χ4n) is 2.09. The van der Waals surface area contributed by atoms with Crippen molar-refractivity contribution in [2.75, 3.05) is 19.7 Å². The number of hydrogen-bond acceptors (Lipinski definition) is 4. The maximum absolute atomic E-state index is 12.7.